The smallest absolute Gasteiger partial charge is 0.246 e. The van der Waals surface area contributed by atoms with Gasteiger partial charge in [0.05, 0.1) is 11.9 Å². The fourth-order valence-corrected chi connectivity index (χ4v) is 3.60. The molecule has 1 atom stereocenters. The Labute approximate surface area is 152 Å². The SMILES string of the molecule is C=CC(=O)N1CCC[C@H](Nc2cnc3[nH]cc(-c4ccccc4)c3c2)C1. The number of H-pyrrole nitrogens is 1. The zero-order chi connectivity index (χ0) is 17.9. The van der Waals surface area contributed by atoms with E-state index in [1.54, 1.807) is 0 Å². The molecule has 0 radical (unpaired) electrons. The van der Waals surface area contributed by atoms with Gasteiger partial charge in [-0.15, -0.1) is 0 Å². The summed E-state index contributed by atoms with van der Waals surface area (Å²) in [7, 11) is 0. The zero-order valence-corrected chi connectivity index (χ0v) is 14.6. The summed E-state index contributed by atoms with van der Waals surface area (Å²) in [4.78, 5) is 21.5. The van der Waals surface area contributed by atoms with E-state index in [0.717, 1.165) is 47.2 Å². The minimum Gasteiger partial charge on any atom is -0.379 e. The third kappa shape index (κ3) is 3.20. The van der Waals surface area contributed by atoms with Gasteiger partial charge in [-0.25, -0.2) is 4.98 Å². The number of aromatic nitrogens is 2. The van der Waals surface area contributed by atoms with Crippen LogP contribution in [0.2, 0.25) is 0 Å². The molecule has 2 aromatic heterocycles. The van der Waals surface area contributed by atoms with Gasteiger partial charge in [0.2, 0.25) is 5.91 Å². The second-order valence-electron chi connectivity index (χ2n) is 6.66. The van der Waals surface area contributed by atoms with E-state index in [1.807, 2.05) is 35.5 Å². The molecule has 5 heteroatoms. The summed E-state index contributed by atoms with van der Waals surface area (Å²) < 4.78 is 0. The maximum Gasteiger partial charge on any atom is 0.246 e. The summed E-state index contributed by atoms with van der Waals surface area (Å²) in [5.41, 5.74) is 4.16. The number of fused-ring (bicyclic) bond motifs is 1. The molecule has 3 heterocycles. The van der Waals surface area contributed by atoms with Crippen molar-refractivity contribution in [3.05, 3.63) is 61.4 Å². The van der Waals surface area contributed by atoms with Gasteiger partial charge in [-0.05, 0) is 30.5 Å². The van der Waals surface area contributed by atoms with Crippen molar-refractivity contribution in [2.75, 3.05) is 18.4 Å². The topological polar surface area (TPSA) is 61.0 Å². The lowest BCUT2D eigenvalue weighted by Crippen LogP contribution is -2.44. The number of hydrogen-bond acceptors (Lipinski definition) is 3. The second-order valence-corrected chi connectivity index (χ2v) is 6.66. The van der Waals surface area contributed by atoms with Gasteiger partial charge >= 0.3 is 0 Å². The third-order valence-corrected chi connectivity index (χ3v) is 4.89. The summed E-state index contributed by atoms with van der Waals surface area (Å²) >= 11 is 0. The molecule has 1 aliphatic rings. The number of nitrogens with one attached hydrogen (secondary N) is 2. The van der Waals surface area contributed by atoms with Crippen LogP contribution >= 0.6 is 0 Å². The Morgan fingerprint density at radius 3 is 3.00 bits per heavy atom. The highest BCUT2D eigenvalue weighted by Crippen LogP contribution is 2.29. The Kier molecular flexibility index (Phi) is 4.44. The van der Waals surface area contributed by atoms with Gasteiger partial charge < -0.3 is 15.2 Å². The predicted molar refractivity (Wildman–Crippen MR) is 105 cm³/mol. The van der Waals surface area contributed by atoms with Crippen molar-refractivity contribution in [3.8, 4) is 11.1 Å². The van der Waals surface area contributed by atoms with Crippen molar-refractivity contribution in [2.24, 2.45) is 0 Å². The molecule has 1 fully saturated rings. The van der Waals surface area contributed by atoms with Gasteiger partial charge in [0.15, 0.2) is 0 Å². The second kappa shape index (κ2) is 7.04. The molecule has 4 rings (SSSR count). The number of piperidine rings is 1. The third-order valence-electron chi connectivity index (χ3n) is 4.89. The molecule has 1 aliphatic heterocycles. The number of hydrogen-bond donors (Lipinski definition) is 2. The molecular weight excluding hydrogens is 324 g/mol. The van der Waals surface area contributed by atoms with Gasteiger partial charge in [-0.3, -0.25) is 4.79 Å². The fraction of sp³-hybridized carbons (Fsp3) is 0.238. The Morgan fingerprint density at radius 2 is 2.19 bits per heavy atom. The van der Waals surface area contributed by atoms with E-state index in [9.17, 15) is 4.79 Å². The van der Waals surface area contributed by atoms with Crippen molar-refractivity contribution >= 4 is 22.6 Å². The van der Waals surface area contributed by atoms with Gasteiger partial charge in [0.25, 0.3) is 0 Å². The van der Waals surface area contributed by atoms with E-state index in [0.29, 0.717) is 6.54 Å². The molecule has 0 bridgehead atoms. The highest BCUT2D eigenvalue weighted by molar-refractivity contribution is 5.95. The molecule has 0 spiro atoms. The highest BCUT2D eigenvalue weighted by atomic mass is 16.2. The molecule has 0 unspecified atom stereocenters. The van der Waals surface area contributed by atoms with Gasteiger partial charge in [-0.1, -0.05) is 36.9 Å². The first-order chi connectivity index (χ1) is 12.7. The van der Waals surface area contributed by atoms with Crippen LogP contribution in [0.5, 0.6) is 0 Å². The maximum absolute atomic E-state index is 11.9. The summed E-state index contributed by atoms with van der Waals surface area (Å²) in [6, 6.07) is 12.7. The molecular formula is C21H22N4O. The summed E-state index contributed by atoms with van der Waals surface area (Å²) in [5.74, 6) is 0.00192. The van der Waals surface area contributed by atoms with E-state index in [4.69, 9.17) is 0 Å². The zero-order valence-electron chi connectivity index (χ0n) is 14.6. The van der Waals surface area contributed by atoms with Crippen molar-refractivity contribution in [2.45, 2.75) is 18.9 Å². The first-order valence-electron chi connectivity index (χ1n) is 8.95. The largest absolute Gasteiger partial charge is 0.379 e. The Bertz CT molecular complexity index is 932. The quantitative estimate of drug-likeness (QED) is 0.706. The van der Waals surface area contributed by atoms with Crippen LogP contribution in [0, 0.1) is 0 Å². The van der Waals surface area contributed by atoms with E-state index < -0.39 is 0 Å². The number of carbonyl (C=O) groups excluding carboxylic acids is 1. The molecule has 0 saturated carbocycles. The number of pyridine rings is 1. The van der Waals surface area contributed by atoms with Crippen molar-refractivity contribution < 1.29 is 4.79 Å². The molecule has 1 saturated heterocycles. The lowest BCUT2D eigenvalue weighted by atomic mass is 10.0. The summed E-state index contributed by atoms with van der Waals surface area (Å²) in [5, 5.41) is 4.64. The van der Waals surface area contributed by atoms with Gasteiger partial charge in [0.1, 0.15) is 5.65 Å². The minimum absolute atomic E-state index is 0.00192. The van der Waals surface area contributed by atoms with Gasteiger partial charge in [-0.2, -0.15) is 0 Å². The van der Waals surface area contributed by atoms with Crippen LogP contribution in [-0.2, 0) is 4.79 Å². The number of rotatable bonds is 4. The molecule has 26 heavy (non-hydrogen) atoms. The van der Waals surface area contributed by atoms with Gasteiger partial charge in [0, 0.05) is 36.3 Å². The van der Waals surface area contributed by atoms with Crippen molar-refractivity contribution in [3.63, 3.8) is 0 Å². The number of carbonyl (C=O) groups is 1. The lowest BCUT2D eigenvalue weighted by molar-refractivity contribution is -0.127. The van der Waals surface area contributed by atoms with Crippen LogP contribution in [0.1, 0.15) is 12.8 Å². The van der Waals surface area contributed by atoms with Crippen molar-refractivity contribution in [1.82, 2.24) is 14.9 Å². The summed E-state index contributed by atoms with van der Waals surface area (Å²) in [6.07, 6.45) is 7.27. The van der Waals surface area contributed by atoms with Crippen LogP contribution in [0.15, 0.2) is 61.4 Å². The fourth-order valence-electron chi connectivity index (χ4n) is 3.60. The van der Waals surface area contributed by atoms with Crippen LogP contribution in [0.3, 0.4) is 0 Å². The number of aromatic amines is 1. The van der Waals surface area contributed by atoms with E-state index >= 15 is 0 Å². The molecule has 3 aromatic rings. The van der Waals surface area contributed by atoms with Crippen LogP contribution in [0.25, 0.3) is 22.2 Å². The lowest BCUT2D eigenvalue weighted by Gasteiger charge is -2.33. The van der Waals surface area contributed by atoms with Crippen LogP contribution in [-0.4, -0.2) is 39.9 Å². The van der Waals surface area contributed by atoms with E-state index in [1.165, 1.54) is 6.08 Å². The Balaban J connectivity index is 1.58. The monoisotopic (exact) mass is 346 g/mol. The number of benzene rings is 1. The number of nitrogens with zero attached hydrogens (tertiary/aromatic N) is 2. The highest BCUT2D eigenvalue weighted by Gasteiger charge is 2.22. The molecule has 2 N–H and O–H groups in total. The average molecular weight is 346 g/mol. The molecule has 1 aromatic carbocycles. The molecule has 5 nitrogen and oxygen atoms in total. The summed E-state index contributed by atoms with van der Waals surface area (Å²) in [6.45, 7) is 5.08. The standard InChI is InChI=1S/C21H22N4O/c1-2-20(26)25-10-6-9-16(14-25)24-17-11-18-19(13-23-21(18)22-12-17)15-7-4-3-5-8-15/h2-5,7-8,11-13,16,24H,1,6,9-10,14H2,(H,22,23)/t16-/m0/s1. The first kappa shape index (κ1) is 16.4. The average Bonchev–Trinajstić information content (AvgIpc) is 3.11. The molecule has 0 aliphatic carbocycles. The molecule has 132 valence electrons. The number of amides is 1. The Morgan fingerprint density at radius 1 is 1.35 bits per heavy atom. The van der Waals surface area contributed by atoms with Crippen LogP contribution in [0.4, 0.5) is 5.69 Å². The first-order valence-corrected chi connectivity index (χ1v) is 8.95. The normalized spacial score (nSPS) is 17.2. The number of likely N-dealkylation sites (tertiary alicyclic amines) is 1. The van der Waals surface area contributed by atoms with E-state index in [2.05, 4.69) is 40.1 Å². The van der Waals surface area contributed by atoms with Crippen molar-refractivity contribution in [1.29, 1.82) is 0 Å². The molecule has 1 amide bonds. The van der Waals surface area contributed by atoms with Crippen LogP contribution < -0.4 is 5.32 Å². The van der Waals surface area contributed by atoms with E-state index in [-0.39, 0.29) is 11.9 Å². The number of anilines is 1. The predicted octanol–water partition coefficient (Wildman–Crippen LogP) is 3.82. The maximum atomic E-state index is 11.9. The Hall–Kier alpha value is -3.08. The minimum atomic E-state index is 0.00192.